The lowest BCUT2D eigenvalue weighted by atomic mass is 10.1. The van der Waals surface area contributed by atoms with Crippen molar-refractivity contribution in [1.29, 1.82) is 10.5 Å². The third-order valence-electron chi connectivity index (χ3n) is 1.97. The summed E-state index contributed by atoms with van der Waals surface area (Å²) in [6, 6.07) is 3.63. The van der Waals surface area contributed by atoms with E-state index in [-0.39, 0.29) is 5.57 Å². The monoisotopic (exact) mass is 171 g/mol. The summed E-state index contributed by atoms with van der Waals surface area (Å²) in [6.07, 6.45) is 3.41. The van der Waals surface area contributed by atoms with Crippen LogP contribution in [0.15, 0.2) is 11.8 Å². The second-order valence-electron chi connectivity index (χ2n) is 2.79. The van der Waals surface area contributed by atoms with Crippen LogP contribution in [-0.2, 0) is 0 Å². The highest BCUT2D eigenvalue weighted by atomic mass is 14.7. The Morgan fingerprint density at radius 1 is 1.38 bits per heavy atom. The number of nitrogens with one attached hydrogen (secondary N) is 1. The smallest absolute Gasteiger partial charge is 0.131 e. The Kier molecular flexibility index (Phi) is 2.52. The summed E-state index contributed by atoms with van der Waals surface area (Å²) in [7, 11) is 0. The van der Waals surface area contributed by atoms with Gasteiger partial charge in [-0.25, -0.2) is 0 Å². The fourth-order valence-corrected chi connectivity index (χ4v) is 0.999. The fraction of sp³-hybridized carbons (Fsp3) is 0.200. The predicted octanol–water partition coefficient (Wildman–Crippen LogP) is 2.06. The highest BCUT2D eigenvalue weighted by molar-refractivity contribution is 5.62. The molecule has 1 rings (SSSR count). The predicted molar refractivity (Wildman–Crippen MR) is 49.5 cm³/mol. The molecule has 3 nitrogen and oxygen atoms in total. The van der Waals surface area contributed by atoms with Crippen LogP contribution in [0.1, 0.15) is 16.8 Å². The van der Waals surface area contributed by atoms with E-state index in [2.05, 4.69) is 4.98 Å². The summed E-state index contributed by atoms with van der Waals surface area (Å²) < 4.78 is 0. The standard InChI is InChI=1S/C10H9N3/c1-7-6-13-10(8(7)2)3-9(4-11)5-12/h3,6,13H,1-2H3. The van der Waals surface area contributed by atoms with Gasteiger partial charge in [-0.05, 0) is 31.1 Å². The van der Waals surface area contributed by atoms with Crippen LogP contribution in [0.4, 0.5) is 0 Å². The van der Waals surface area contributed by atoms with Gasteiger partial charge in [0.05, 0.1) is 0 Å². The van der Waals surface area contributed by atoms with E-state index in [1.165, 1.54) is 0 Å². The van der Waals surface area contributed by atoms with Crippen LogP contribution in [0.5, 0.6) is 0 Å². The molecular formula is C10H9N3. The number of H-pyrrole nitrogens is 1. The SMILES string of the molecule is Cc1c[nH]c(C=C(C#N)C#N)c1C. The number of rotatable bonds is 1. The van der Waals surface area contributed by atoms with Crippen molar-refractivity contribution in [2.75, 3.05) is 0 Å². The third kappa shape index (κ3) is 1.77. The molecule has 1 aromatic rings. The number of nitrogens with zero attached hydrogens (tertiary/aromatic N) is 2. The molecule has 64 valence electrons. The van der Waals surface area contributed by atoms with Crippen molar-refractivity contribution in [3.05, 3.63) is 28.6 Å². The summed E-state index contributed by atoms with van der Waals surface area (Å²) >= 11 is 0. The van der Waals surface area contributed by atoms with Gasteiger partial charge in [0.2, 0.25) is 0 Å². The normalized spacial score (nSPS) is 8.62. The highest BCUT2D eigenvalue weighted by Gasteiger charge is 2.01. The van der Waals surface area contributed by atoms with Crippen molar-refractivity contribution < 1.29 is 0 Å². The molecule has 0 atom stereocenters. The second-order valence-corrected chi connectivity index (χ2v) is 2.79. The Hall–Kier alpha value is -2.00. The van der Waals surface area contributed by atoms with E-state index >= 15 is 0 Å². The van der Waals surface area contributed by atoms with E-state index in [0.29, 0.717) is 0 Å². The molecule has 13 heavy (non-hydrogen) atoms. The van der Waals surface area contributed by atoms with Gasteiger partial charge in [-0.3, -0.25) is 0 Å². The molecule has 3 heteroatoms. The van der Waals surface area contributed by atoms with Crippen molar-refractivity contribution in [3.63, 3.8) is 0 Å². The van der Waals surface area contributed by atoms with Crippen LogP contribution >= 0.6 is 0 Å². The first-order valence-corrected chi connectivity index (χ1v) is 3.85. The molecule has 0 aliphatic carbocycles. The van der Waals surface area contributed by atoms with Crippen molar-refractivity contribution in [3.8, 4) is 12.1 Å². The number of hydrogen-bond acceptors (Lipinski definition) is 2. The van der Waals surface area contributed by atoms with Gasteiger partial charge in [0.1, 0.15) is 17.7 Å². The minimum Gasteiger partial charge on any atom is -0.361 e. The van der Waals surface area contributed by atoms with Gasteiger partial charge in [0.15, 0.2) is 0 Å². The first kappa shape index (κ1) is 9.09. The van der Waals surface area contributed by atoms with Crippen molar-refractivity contribution >= 4 is 6.08 Å². The van der Waals surface area contributed by atoms with E-state index in [4.69, 9.17) is 10.5 Å². The Labute approximate surface area is 76.9 Å². The average Bonchev–Trinajstić information content (AvgIpc) is 2.45. The summed E-state index contributed by atoms with van der Waals surface area (Å²) in [6.45, 7) is 3.92. The quantitative estimate of drug-likeness (QED) is 0.657. The Bertz CT molecular complexity index is 408. The van der Waals surface area contributed by atoms with Gasteiger partial charge in [-0.2, -0.15) is 10.5 Å². The van der Waals surface area contributed by atoms with Crippen LogP contribution in [0.25, 0.3) is 6.08 Å². The molecule has 0 aliphatic rings. The Balaban J connectivity index is 3.14. The minimum atomic E-state index is 0.116. The summed E-state index contributed by atoms with van der Waals surface area (Å²) in [5, 5.41) is 17.1. The number of hydrogen-bond donors (Lipinski definition) is 1. The van der Waals surface area contributed by atoms with Gasteiger partial charge >= 0.3 is 0 Å². The number of allylic oxidation sites excluding steroid dienone is 1. The maximum Gasteiger partial charge on any atom is 0.131 e. The first-order valence-electron chi connectivity index (χ1n) is 3.85. The summed E-state index contributed by atoms with van der Waals surface area (Å²) in [4.78, 5) is 2.99. The molecule has 0 fully saturated rings. The van der Waals surface area contributed by atoms with Crippen LogP contribution < -0.4 is 0 Å². The molecule has 0 aromatic carbocycles. The maximum absolute atomic E-state index is 8.53. The molecule has 0 amide bonds. The molecule has 1 aromatic heterocycles. The zero-order valence-electron chi connectivity index (χ0n) is 7.55. The van der Waals surface area contributed by atoms with Gasteiger partial charge < -0.3 is 4.98 Å². The fourth-order valence-electron chi connectivity index (χ4n) is 0.999. The van der Waals surface area contributed by atoms with Crippen LogP contribution in [-0.4, -0.2) is 4.98 Å². The van der Waals surface area contributed by atoms with Gasteiger partial charge in [-0.15, -0.1) is 0 Å². The van der Waals surface area contributed by atoms with Gasteiger partial charge in [0, 0.05) is 11.9 Å². The van der Waals surface area contributed by atoms with E-state index < -0.39 is 0 Å². The topological polar surface area (TPSA) is 63.4 Å². The van der Waals surface area contributed by atoms with E-state index in [0.717, 1.165) is 16.8 Å². The number of nitriles is 2. The number of aryl methyl sites for hydroxylation is 1. The van der Waals surface area contributed by atoms with Crippen LogP contribution in [0.3, 0.4) is 0 Å². The lowest BCUT2D eigenvalue weighted by Crippen LogP contribution is -1.79. The lowest BCUT2D eigenvalue weighted by molar-refractivity contribution is 1.34. The molecule has 0 spiro atoms. The molecule has 0 radical (unpaired) electrons. The molecule has 1 heterocycles. The Morgan fingerprint density at radius 3 is 2.38 bits per heavy atom. The first-order chi connectivity index (χ1) is 6.19. The highest BCUT2D eigenvalue weighted by Crippen LogP contribution is 2.14. The molecule has 0 saturated heterocycles. The molecule has 0 saturated carbocycles. The molecule has 0 aliphatic heterocycles. The van der Waals surface area contributed by atoms with Crippen molar-refractivity contribution in [1.82, 2.24) is 4.98 Å². The Morgan fingerprint density at radius 2 is 2.00 bits per heavy atom. The average molecular weight is 171 g/mol. The van der Waals surface area contributed by atoms with Crippen molar-refractivity contribution in [2.45, 2.75) is 13.8 Å². The van der Waals surface area contributed by atoms with Gasteiger partial charge in [-0.1, -0.05) is 0 Å². The van der Waals surface area contributed by atoms with Crippen LogP contribution in [0.2, 0.25) is 0 Å². The summed E-state index contributed by atoms with van der Waals surface area (Å²) in [5.74, 6) is 0. The number of aromatic nitrogens is 1. The maximum atomic E-state index is 8.53. The lowest BCUT2D eigenvalue weighted by Gasteiger charge is -1.91. The third-order valence-corrected chi connectivity index (χ3v) is 1.97. The van der Waals surface area contributed by atoms with Gasteiger partial charge in [0.25, 0.3) is 0 Å². The largest absolute Gasteiger partial charge is 0.361 e. The second kappa shape index (κ2) is 3.60. The van der Waals surface area contributed by atoms with E-state index in [9.17, 15) is 0 Å². The zero-order chi connectivity index (χ0) is 9.84. The molecule has 0 unspecified atom stereocenters. The minimum absolute atomic E-state index is 0.116. The van der Waals surface area contributed by atoms with E-state index in [1.54, 1.807) is 6.08 Å². The molecule has 0 bridgehead atoms. The number of aromatic amines is 1. The molecular weight excluding hydrogens is 162 g/mol. The molecule has 1 N–H and O–H groups in total. The zero-order valence-corrected chi connectivity index (χ0v) is 7.55. The van der Waals surface area contributed by atoms with Crippen molar-refractivity contribution in [2.24, 2.45) is 0 Å². The van der Waals surface area contributed by atoms with Crippen LogP contribution in [0, 0.1) is 36.5 Å². The summed E-state index contributed by atoms with van der Waals surface area (Å²) in [5.41, 5.74) is 3.14. The van der Waals surface area contributed by atoms with E-state index in [1.807, 2.05) is 32.2 Å².